The number of oxime groups is 1. The number of hydrogen-bond donors (Lipinski definition) is 3. The van der Waals surface area contributed by atoms with Crippen LogP contribution in [0.15, 0.2) is 29.4 Å². The summed E-state index contributed by atoms with van der Waals surface area (Å²) in [5.41, 5.74) is 7.44. The Morgan fingerprint density at radius 3 is 2.88 bits per heavy atom. The van der Waals surface area contributed by atoms with Crippen LogP contribution in [0.3, 0.4) is 0 Å². The average molecular weight is 223 g/mol. The van der Waals surface area contributed by atoms with Crippen molar-refractivity contribution in [3.63, 3.8) is 0 Å². The summed E-state index contributed by atoms with van der Waals surface area (Å²) in [6.45, 7) is 2.34. The summed E-state index contributed by atoms with van der Waals surface area (Å²) in [5, 5.41) is 14.7. The highest BCUT2D eigenvalue weighted by Crippen LogP contribution is 2.16. The zero-order chi connectivity index (χ0) is 12.0. The summed E-state index contributed by atoms with van der Waals surface area (Å²) in [6, 6.07) is 7.51. The molecule has 88 valence electrons. The van der Waals surface area contributed by atoms with Crippen LogP contribution >= 0.6 is 0 Å². The van der Waals surface area contributed by atoms with Crippen molar-refractivity contribution >= 4 is 11.5 Å². The summed E-state index contributed by atoms with van der Waals surface area (Å²) in [6.07, 6.45) is 0. The lowest BCUT2D eigenvalue weighted by molar-refractivity contribution is 0.185. The molecule has 0 radical (unpaired) electrons. The fourth-order valence-corrected chi connectivity index (χ4v) is 1.34. The van der Waals surface area contributed by atoms with E-state index < -0.39 is 0 Å². The quantitative estimate of drug-likeness (QED) is 0.305. The monoisotopic (exact) mass is 223 g/mol. The second kappa shape index (κ2) is 5.97. The van der Waals surface area contributed by atoms with E-state index in [0.717, 1.165) is 11.3 Å². The molecule has 1 aromatic carbocycles. The van der Waals surface area contributed by atoms with E-state index in [2.05, 4.69) is 10.5 Å². The second-order valence-electron chi connectivity index (χ2n) is 3.48. The molecule has 0 aliphatic heterocycles. The highest BCUT2D eigenvalue weighted by molar-refractivity contribution is 5.87. The van der Waals surface area contributed by atoms with Gasteiger partial charge in [0, 0.05) is 18.4 Å². The number of methoxy groups -OCH3 is 1. The van der Waals surface area contributed by atoms with Crippen LogP contribution in [-0.2, 0) is 11.3 Å². The van der Waals surface area contributed by atoms with E-state index in [-0.39, 0.29) is 11.9 Å². The average Bonchev–Trinajstić information content (AvgIpc) is 2.31. The lowest BCUT2D eigenvalue weighted by Crippen LogP contribution is -2.33. The van der Waals surface area contributed by atoms with Crippen molar-refractivity contribution in [1.29, 1.82) is 0 Å². The molecule has 4 N–H and O–H groups in total. The fourth-order valence-electron chi connectivity index (χ4n) is 1.34. The SMILES string of the molecule is COCc1ccccc1NC(C)C(N)=NO. The Morgan fingerprint density at radius 1 is 1.56 bits per heavy atom. The van der Waals surface area contributed by atoms with E-state index in [9.17, 15) is 0 Å². The predicted molar refractivity (Wildman–Crippen MR) is 63.6 cm³/mol. The largest absolute Gasteiger partial charge is 0.409 e. The first-order valence-electron chi connectivity index (χ1n) is 4.99. The van der Waals surface area contributed by atoms with Crippen molar-refractivity contribution in [1.82, 2.24) is 0 Å². The van der Waals surface area contributed by atoms with Gasteiger partial charge in [-0.05, 0) is 13.0 Å². The Labute approximate surface area is 94.9 Å². The fraction of sp³-hybridized carbons (Fsp3) is 0.364. The molecular formula is C11H17N3O2. The molecule has 16 heavy (non-hydrogen) atoms. The third-order valence-corrected chi connectivity index (χ3v) is 2.25. The first kappa shape index (κ1) is 12.3. The Kier molecular flexibility index (Phi) is 4.60. The molecule has 0 fully saturated rings. The molecule has 5 nitrogen and oxygen atoms in total. The number of anilines is 1. The maximum absolute atomic E-state index is 8.55. The summed E-state index contributed by atoms with van der Waals surface area (Å²) in [5.74, 6) is 0.146. The molecule has 0 heterocycles. The topological polar surface area (TPSA) is 79.9 Å². The molecule has 5 heteroatoms. The molecule has 1 rings (SSSR count). The van der Waals surface area contributed by atoms with E-state index in [1.807, 2.05) is 31.2 Å². The minimum absolute atomic E-state index is 0.146. The van der Waals surface area contributed by atoms with Gasteiger partial charge in [-0.15, -0.1) is 0 Å². The predicted octanol–water partition coefficient (Wildman–Crippen LogP) is 1.38. The standard InChI is InChI=1S/C11H17N3O2/c1-8(11(12)14-15)13-10-6-4-3-5-9(10)7-16-2/h3-6,8,13,15H,7H2,1-2H3,(H2,12,14). The number of para-hydroxylation sites is 1. The maximum Gasteiger partial charge on any atom is 0.161 e. The van der Waals surface area contributed by atoms with Crippen LogP contribution in [0.2, 0.25) is 0 Å². The lowest BCUT2D eigenvalue weighted by Gasteiger charge is -2.16. The summed E-state index contributed by atoms with van der Waals surface area (Å²) in [4.78, 5) is 0. The van der Waals surface area contributed by atoms with E-state index >= 15 is 0 Å². The molecule has 0 aromatic heterocycles. The zero-order valence-corrected chi connectivity index (χ0v) is 9.47. The molecule has 1 aromatic rings. The molecule has 0 aliphatic carbocycles. The molecule has 0 aliphatic rings. The number of benzene rings is 1. The van der Waals surface area contributed by atoms with Gasteiger partial charge >= 0.3 is 0 Å². The van der Waals surface area contributed by atoms with E-state index in [4.69, 9.17) is 15.7 Å². The van der Waals surface area contributed by atoms with Gasteiger partial charge in [-0.25, -0.2) is 0 Å². The van der Waals surface area contributed by atoms with Gasteiger partial charge in [0.15, 0.2) is 5.84 Å². The number of nitrogens with zero attached hydrogens (tertiary/aromatic N) is 1. The Morgan fingerprint density at radius 2 is 2.25 bits per heavy atom. The maximum atomic E-state index is 8.55. The van der Waals surface area contributed by atoms with Crippen LogP contribution in [0, 0.1) is 0 Å². The van der Waals surface area contributed by atoms with Crippen LogP contribution in [0.4, 0.5) is 5.69 Å². The van der Waals surface area contributed by atoms with Crippen LogP contribution in [0.25, 0.3) is 0 Å². The highest BCUT2D eigenvalue weighted by atomic mass is 16.5. The van der Waals surface area contributed by atoms with Gasteiger partial charge in [-0.2, -0.15) is 0 Å². The number of rotatable bonds is 5. The third-order valence-electron chi connectivity index (χ3n) is 2.25. The Bertz CT molecular complexity index is 366. The van der Waals surface area contributed by atoms with Crippen molar-refractivity contribution in [3.8, 4) is 0 Å². The van der Waals surface area contributed by atoms with Gasteiger partial charge in [0.1, 0.15) is 0 Å². The third kappa shape index (κ3) is 3.13. The van der Waals surface area contributed by atoms with Crippen LogP contribution in [0.1, 0.15) is 12.5 Å². The van der Waals surface area contributed by atoms with Crippen LogP contribution < -0.4 is 11.1 Å². The first-order chi connectivity index (χ1) is 7.69. The zero-order valence-electron chi connectivity index (χ0n) is 9.47. The van der Waals surface area contributed by atoms with E-state index in [1.54, 1.807) is 7.11 Å². The Balaban J connectivity index is 2.80. The summed E-state index contributed by atoms with van der Waals surface area (Å²) >= 11 is 0. The Hall–Kier alpha value is -1.75. The summed E-state index contributed by atoms with van der Waals surface area (Å²) < 4.78 is 5.09. The van der Waals surface area contributed by atoms with Crippen LogP contribution in [-0.4, -0.2) is 24.2 Å². The van der Waals surface area contributed by atoms with Crippen molar-refractivity contribution in [2.24, 2.45) is 10.9 Å². The van der Waals surface area contributed by atoms with Crippen molar-refractivity contribution in [3.05, 3.63) is 29.8 Å². The molecule has 1 atom stereocenters. The van der Waals surface area contributed by atoms with Crippen molar-refractivity contribution in [2.45, 2.75) is 19.6 Å². The van der Waals surface area contributed by atoms with Gasteiger partial charge in [0.05, 0.1) is 12.6 Å². The minimum Gasteiger partial charge on any atom is -0.409 e. The van der Waals surface area contributed by atoms with Crippen molar-refractivity contribution in [2.75, 3.05) is 12.4 Å². The highest BCUT2D eigenvalue weighted by Gasteiger charge is 2.09. The van der Waals surface area contributed by atoms with Gasteiger partial charge in [0.25, 0.3) is 0 Å². The second-order valence-corrected chi connectivity index (χ2v) is 3.48. The van der Waals surface area contributed by atoms with E-state index in [1.165, 1.54) is 0 Å². The number of nitrogens with one attached hydrogen (secondary N) is 1. The van der Waals surface area contributed by atoms with Crippen LogP contribution in [0.5, 0.6) is 0 Å². The number of hydrogen-bond acceptors (Lipinski definition) is 4. The first-order valence-corrected chi connectivity index (χ1v) is 4.99. The molecule has 0 bridgehead atoms. The molecule has 0 spiro atoms. The van der Waals surface area contributed by atoms with Crippen molar-refractivity contribution < 1.29 is 9.94 Å². The molecule has 0 saturated carbocycles. The van der Waals surface area contributed by atoms with Gasteiger partial charge in [-0.1, -0.05) is 23.4 Å². The van der Waals surface area contributed by atoms with Gasteiger partial charge in [0.2, 0.25) is 0 Å². The summed E-state index contributed by atoms with van der Waals surface area (Å²) in [7, 11) is 1.64. The normalized spacial score (nSPS) is 13.5. The number of nitrogens with two attached hydrogens (primary N) is 1. The molecule has 1 unspecified atom stereocenters. The minimum atomic E-state index is -0.233. The smallest absolute Gasteiger partial charge is 0.161 e. The molecule has 0 saturated heterocycles. The number of ether oxygens (including phenoxy) is 1. The molecular weight excluding hydrogens is 206 g/mol. The van der Waals surface area contributed by atoms with Gasteiger partial charge in [-0.3, -0.25) is 0 Å². The van der Waals surface area contributed by atoms with Gasteiger partial charge < -0.3 is 21.0 Å². The molecule has 0 amide bonds. The van der Waals surface area contributed by atoms with E-state index in [0.29, 0.717) is 6.61 Å². The number of amidine groups is 1. The lowest BCUT2D eigenvalue weighted by atomic mass is 10.1.